The fraction of sp³-hybridized carbons (Fsp3) is 0.304. The molecule has 0 saturated heterocycles. The zero-order valence-electron chi connectivity index (χ0n) is 17.8. The number of amides is 2. The van der Waals surface area contributed by atoms with Gasteiger partial charge in [0.25, 0.3) is 11.5 Å². The van der Waals surface area contributed by atoms with E-state index in [-0.39, 0.29) is 30.9 Å². The summed E-state index contributed by atoms with van der Waals surface area (Å²) < 4.78 is 6.46. The van der Waals surface area contributed by atoms with Gasteiger partial charge in [-0.15, -0.1) is 0 Å². The Kier molecular flexibility index (Phi) is 6.69. The fourth-order valence-electron chi connectivity index (χ4n) is 3.00. The Balaban J connectivity index is 1.76. The third-order valence-electron chi connectivity index (χ3n) is 4.34. The van der Waals surface area contributed by atoms with E-state index < -0.39 is 17.6 Å². The van der Waals surface area contributed by atoms with Crippen molar-refractivity contribution in [1.29, 1.82) is 0 Å². The average molecular weight is 422 g/mol. The standard InChI is InChI=1S/C23H26N4O4/c1-23(2,3)31-22(30)25-14-13-24-20(28)19-17-11-7-8-12-18(17)21(29)27(26-19)15-16-9-5-4-6-10-16/h4-12H,13-15H2,1-3H3,(H,24,28)(H,25,30). The molecule has 0 atom stereocenters. The molecule has 1 heterocycles. The van der Waals surface area contributed by atoms with Gasteiger partial charge in [-0.3, -0.25) is 9.59 Å². The van der Waals surface area contributed by atoms with E-state index in [1.165, 1.54) is 4.68 Å². The van der Waals surface area contributed by atoms with E-state index in [1.54, 1.807) is 45.0 Å². The highest BCUT2D eigenvalue weighted by molar-refractivity contribution is 6.04. The van der Waals surface area contributed by atoms with Crippen LogP contribution in [-0.4, -0.2) is 40.5 Å². The van der Waals surface area contributed by atoms with Gasteiger partial charge in [0.1, 0.15) is 5.60 Å². The normalized spacial score (nSPS) is 11.2. The molecule has 8 heteroatoms. The number of carbonyl (C=O) groups excluding carboxylic acids is 2. The summed E-state index contributed by atoms with van der Waals surface area (Å²) >= 11 is 0. The van der Waals surface area contributed by atoms with Crippen LogP contribution in [-0.2, 0) is 11.3 Å². The highest BCUT2D eigenvalue weighted by Gasteiger charge is 2.18. The SMILES string of the molecule is CC(C)(C)OC(=O)NCCNC(=O)c1nn(Cc2ccccc2)c(=O)c2ccccc12. The van der Waals surface area contributed by atoms with Gasteiger partial charge in [0, 0.05) is 18.5 Å². The van der Waals surface area contributed by atoms with Crippen LogP contribution in [0.25, 0.3) is 10.8 Å². The molecule has 0 unspecified atom stereocenters. The molecular formula is C23H26N4O4. The van der Waals surface area contributed by atoms with Crippen molar-refractivity contribution in [3.8, 4) is 0 Å². The molecule has 2 aromatic carbocycles. The topological polar surface area (TPSA) is 102 Å². The smallest absolute Gasteiger partial charge is 0.407 e. The summed E-state index contributed by atoms with van der Waals surface area (Å²) in [5.74, 6) is -0.427. The Morgan fingerprint density at radius 3 is 2.23 bits per heavy atom. The van der Waals surface area contributed by atoms with E-state index in [0.717, 1.165) is 5.56 Å². The van der Waals surface area contributed by atoms with Gasteiger partial charge in [0.15, 0.2) is 5.69 Å². The molecule has 3 rings (SSSR count). The number of ether oxygens (including phenoxy) is 1. The van der Waals surface area contributed by atoms with E-state index in [1.807, 2.05) is 30.3 Å². The number of rotatable bonds is 6. The van der Waals surface area contributed by atoms with E-state index in [2.05, 4.69) is 15.7 Å². The largest absolute Gasteiger partial charge is 0.444 e. The average Bonchev–Trinajstić information content (AvgIpc) is 2.72. The lowest BCUT2D eigenvalue weighted by Crippen LogP contribution is -2.38. The Morgan fingerprint density at radius 2 is 1.55 bits per heavy atom. The molecule has 0 aliphatic heterocycles. The monoisotopic (exact) mass is 422 g/mol. The molecule has 2 amide bonds. The molecule has 2 N–H and O–H groups in total. The van der Waals surface area contributed by atoms with Crippen molar-refractivity contribution in [3.05, 3.63) is 76.2 Å². The van der Waals surface area contributed by atoms with Crippen LogP contribution in [0.15, 0.2) is 59.4 Å². The van der Waals surface area contributed by atoms with Crippen molar-refractivity contribution in [1.82, 2.24) is 20.4 Å². The number of nitrogens with zero attached hydrogens (tertiary/aromatic N) is 2. The summed E-state index contributed by atoms with van der Waals surface area (Å²) in [6.07, 6.45) is -0.554. The predicted octanol–water partition coefficient (Wildman–Crippen LogP) is 2.70. The van der Waals surface area contributed by atoms with E-state index in [0.29, 0.717) is 10.8 Å². The van der Waals surface area contributed by atoms with Gasteiger partial charge in [0.05, 0.1) is 11.9 Å². The third-order valence-corrected chi connectivity index (χ3v) is 4.34. The van der Waals surface area contributed by atoms with Crippen LogP contribution in [0.2, 0.25) is 0 Å². The molecule has 3 aromatic rings. The summed E-state index contributed by atoms with van der Waals surface area (Å²) in [5, 5.41) is 10.6. The second kappa shape index (κ2) is 9.42. The van der Waals surface area contributed by atoms with Gasteiger partial charge in [-0.05, 0) is 32.4 Å². The second-order valence-electron chi connectivity index (χ2n) is 8.03. The zero-order valence-corrected chi connectivity index (χ0v) is 17.8. The number of aromatic nitrogens is 2. The van der Waals surface area contributed by atoms with Crippen LogP contribution >= 0.6 is 0 Å². The molecule has 0 aliphatic rings. The Morgan fingerprint density at radius 1 is 0.935 bits per heavy atom. The second-order valence-corrected chi connectivity index (χ2v) is 8.03. The van der Waals surface area contributed by atoms with Gasteiger partial charge < -0.3 is 15.4 Å². The molecule has 0 radical (unpaired) electrons. The van der Waals surface area contributed by atoms with Crippen molar-refractivity contribution in [2.75, 3.05) is 13.1 Å². The first-order valence-corrected chi connectivity index (χ1v) is 10.0. The van der Waals surface area contributed by atoms with Gasteiger partial charge in [-0.25, -0.2) is 9.48 Å². The number of fused-ring (bicyclic) bond motifs is 1. The first kappa shape index (κ1) is 22.0. The lowest BCUT2D eigenvalue weighted by molar-refractivity contribution is 0.0526. The summed E-state index contributed by atoms with van der Waals surface area (Å²) in [6.45, 7) is 5.96. The minimum atomic E-state index is -0.595. The molecule has 0 spiro atoms. The molecule has 0 fully saturated rings. The fourth-order valence-corrected chi connectivity index (χ4v) is 3.00. The minimum absolute atomic E-state index is 0.156. The van der Waals surface area contributed by atoms with Crippen LogP contribution in [0.5, 0.6) is 0 Å². The van der Waals surface area contributed by atoms with Crippen molar-refractivity contribution in [3.63, 3.8) is 0 Å². The highest BCUT2D eigenvalue weighted by Crippen LogP contribution is 2.14. The highest BCUT2D eigenvalue weighted by atomic mass is 16.6. The summed E-state index contributed by atoms with van der Waals surface area (Å²) in [7, 11) is 0. The molecule has 162 valence electrons. The van der Waals surface area contributed by atoms with Gasteiger partial charge in [-0.2, -0.15) is 5.10 Å². The number of nitrogens with one attached hydrogen (secondary N) is 2. The maximum absolute atomic E-state index is 12.9. The Labute approximate surface area is 180 Å². The first-order valence-electron chi connectivity index (χ1n) is 10.0. The van der Waals surface area contributed by atoms with Crippen LogP contribution < -0.4 is 16.2 Å². The summed E-state index contributed by atoms with van der Waals surface area (Å²) in [4.78, 5) is 37.4. The van der Waals surface area contributed by atoms with Gasteiger partial charge in [-0.1, -0.05) is 48.5 Å². The molecule has 0 bridgehead atoms. The van der Waals surface area contributed by atoms with E-state index >= 15 is 0 Å². The van der Waals surface area contributed by atoms with Crippen LogP contribution in [0.4, 0.5) is 4.79 Å². The lowest BCUT2D eigenvalue weighted by Gasteiger charge is -2.19. The zero-order chi connectivity index (χ0) is 22.4. The third kappa shape index (κ3) is 5.91. The van der Waals surface area contributed by atoms with Crippen LogP contribution in [0, 0.1) is 0 Å². The summed E-state index contributed by atoms with van der Waals surface area (Å²) in [6, 6.07) is 16.3. The quantitative estimate of drug-likeness (QED) is 0.595. The maximum atomic E-state index is 12.9. The van der Waals surface area contributed by atoms with Gasteiger partial charge in [0.2, 0.25) is 0 Å². The predicted molar refractivity (Wildman–Crippen MR) is 118 cm³/mol. The molecule has 8 nitrogen and oxygen atoms in total. The number of hydrogen-bond donors (Lipinski definition) is 2. The Hall–Kier alpha value is -3.68. The minimum Gasteiger partial charge on any atom is -0.444 e. The van der Waals surface area contributed by atoms with Gasteiger partial charge >= 0.3 is 6.09 Å². The number of carbonyl (C=O) groups is 2. The van der Waals surface area contributed by atoms with Crippen LogP contribution in [0.1, 0.15) is 36.8 Å². The van der Waals surface area contributed by atoms with Crippen molar-refractivity contribution >= 4 is 22.8 Å². The molecular weight excluding hydrogens is 396 g/mol. The maximum Gasteiger partial charge on any atom is 0.407 e. The van der Waals surface area contributed by atoms with E-state index in [9.17, 15) is 14.4 Å². The molecule has 1 aromatic heterocycles. The first-order chi connectivity index (χ1) is 14.7. The number of hydrogen-bond acceptors (Lipinski definition) is 5. The number of alkyl carbamates (subject to hydrolysis) is 1. The molecule has 0 saturated carbocycles. The molecule has 0 aliphatic carbocycles. The Bertz CT molecular complexity index is 1130. The summed E-state index contributed by atoms with van der Waals surface area (Å²) in [5.41, 5.74) is 0.203. The van der Waals surface area contributed by atoms with E-state index in [4.69, 9.17) is 4.74 Å². The van der Waals surface area contributed by atoms with Crippen molar-refractivity contribution in [2.45, 2.75) is 32.9 Å². The van der Waals surface area contributed by atoms with Crippen molar-refractivity contribution in [2.24, 2.45) is 0 Å². The lowest BCUT2D eigenvalue weighted by atomic mass is 10.1. The van der Waals surface area contributed by atoms with Crippen LogP contribution in [0.3, 0.4) is 0 Å². The number of benzene rings is 2. The van der Waals surface area contributed by atoms with Crippen molar-refractivity contribution < 1.29 is 14.3 Å². The molecule has 31 heavy (non-hydrogen) atoms.